The summed E-state index contributed by atoms with van der Waals surface area (Å²) in [6.07, 6.45) is 0.838. The molecular formula is C12H20O6. The van der Waals surface area contributed by atoms with Gasteiger partial charge in [0, 0.05) is 5.41 Å². The van der Waals surface area contributed by atoms with Gasteiger partial charge in [-0.25, -0.2) is 0 Å². The zero-order valence-electron chi connectivity index (χ0n) is 10.6. The molecule has 0 aromatic heterocycles. The molecule has 3 heterocycles. The average molecular weight is 260 g/mol. The summed E-state index contributed by atoms with van der Waals surface area (Å²) >= 11 is 0. The molecule has 0 saturated carbocycles. The Kier molecular flexibility index (Phi) is 3.83. The van der Waals surface area contributed by atoms with E-state index in [1.165, 1.54) is 0 Å². The molecule has 0 amide bonds. The summed E-state index contributed by atoms with van der Waals surface area (Å²) in [6.45, 7) is 6.14. The van der Waals surface area contributed by atoms with Gasteiger partial charge in [0.15, 0.2) is 18.9 Å². The van der Waals surface area contributed by atoms with Crippen LogP contribution in [0.1, 0.15) is 13.3 Å². The molecule has 0 spiro atoms. The first-order valence-electron chi connectivity index (χ1n) is 6.43. The zero-order chi connectivity index (χ0) is 12.4. The molecule has 3 rings (SSSR count). The monoisotopic (exact) mass is 260 g/mol. The summed E-state index contributed by atoms with van der Waals surface area (Å²) < 4.78 is 31.9. The predicted molar refractivity (Wildman–Crippen MR) is 59.8 cm³/mol. The van der Waals surface area contributed by atoms with Gasteiger partial charge in [0.25, 0.3) is 0 Å². The standard InChI is InChI=1S/C12H20O6/c1-12(7-17-10-5-15-10,8-18-11-6-16-11)2-3-13-9-4-14-9/h9-11H,2-8H2,1H3. The second-order valence-corrected chi connectivity index (χ2v) is 5.34. The SMILES string of the molecule is CC(CCOC1CO1)(COC1CO1)COC1CO1. The first-order valence-corrected chi connectivity index (χ1v) is 6.43. The predicted octanol–water partition coefficient (Wildman–Crippen LogP) is 0.501. The van der Waals surface area contributed by atoms with E-state index in [9.17, 15) is 0 Å². The molecule has 3 unspecified atom stereocenters. The Hall–Kier alpha value is -0.240. The summed E-state index contributed by atoms with van der Waals surface area (Å²) in [5.41, 5.74) is -0.0766. The molecule has 3 saturated heterocycles. The highest BCUT2D eigenvalue weighted by molar-refractivity contribution is 4.76. The third-order valence-electron chi connectivity index (χ3n) is 3.15. The zero-order valence-corrected chi connectivity index (χ0v) is 10.6. The third-order valence-corrected chi connectivity index (χ3v) is 3.15. The molecular weight excluding hydrogens is 240 g/mol. The van der Waals surface area contributed by atoms with Gasteiger partial charge in [0.1, 0.15) is 19.8 Å². The Morgan fingerprint density at radius 3 is 1.78 bits per heavy atom. The van der Waals surface area contributed by atoms with Crippen LogP contribution in [0, 0.1) is 5.41 Å². The van der Waals surface area contributed by atoms with Crippen LogP contribution in [0.4, 0.5) is 0 Å². The minimum atomic E-state index is -0.0766. The smallest absolute Gasteiger partial charge is 0.181 e. The van der Waals surface area contributed by atoms with E-state index in [1.54, 1.807) is 0 Å². The Morgan fingerprint density at radius 2 is 1.33 bits per heavy atom. The van der Waals surface area contributed by atoms with Crippen molar-refractivity contribution in [3.63, 3.8) is 0 Å². The molecule has 0 radical (unpaired) electrons. The highest BCUT2D eigenvalue weighted by Crippen LogP contribution is 2.28. The third kappa shape index (κ3) is 4.46. The number of hydrogen-bond donors (Lipinski definition) is 0. The number of rotatable bonds is 10. The number of ether oxygens (including phenoxy) is 6. The maximum atomic E-state index is 5.61. The second kappa shape index (κ2) is 5.40. The van der Waals surface area contributed by atoms with E-state index in [2.05, 4.69) is 6.92 Å². The molecule has 3 aliphatic heterocycles. The first kappa shape index (κ1) is 12.8. The van der Waals surface area contributed by atoms with Crippen molar-refractivity contribution in [1.29, 1.82) is 0 Å². The molecule has 3 fully saturated rings. The summed E-state index contributed by atoms with van der Waals surface area (Å²) in [5.74, 6) is 0. The molecule has 0 aromatic rings. The van der Waals surface area contributed by atoms with E-state index in [-0.39, 0.29) is 24.3 Å². The maximum absolute atomic E-state index is 5.61. The van der Waals surface area contributed by atoms with Crippen LogP contribution in [0.2, 0.25) is 0 Å². The van der Waals surface area contributed by atoms with Gasteiger partial charge in [0.05, 0.1) is 19.8 Å². The van der Waals surface area contributed by atoms with Gasteiger partial charge < -0.3 is 28.4 Å². The van der Waals surface area contributed by atoms with Gasteiger partial charge in [-0.15, -0.1) is 0 Å². The maximum Gasteiger partial charge on any atom is 0.181 e. The summed E-state index contributed by atoms with van der Waals surface area (Å²) in [6, 6.07) is 0. The Bertz CT molecular complexity index is 256. The van der Waals surface area contributed by atoms with Crippen molar-refractivity contribution >= 4 is 0 Å². The van der Waals surface area contributed by atoms with Crippen molar-refractivity contribution in [3.05, 3.63) is 0 Å². The van der Waals surface area contributed by atoms with Crippen LogP contribution in [0.25, 0.3) is 0 Å². The topological polar surface area (TPSA) is 65.3 Å². The average Bonchev–Trinajstić information content (AvgIpc) is 3.21. The Balaban J connectivity index is 1.39. The minimum Gasteiger partial charge on any atom is -0.350 e. The van der Waals surface area contributed by atoms with E-state index in [0.717, 1.165) is 13.0 Å². The van der Waals surface area contributed by atoms with Crippen molar-refractivity contribution < 1.29 is 28.4 Å². The minimum absolute atomic E-state index is 0.00891. The second-order valence-electron chi connectivity index (χ2n) is 5.34. The van der Waals surface area contributed by atoms with E-state index < -0.39 is 0 Å². The number of epoxide rings is 3. The van der Waals surface area contributed by atoms with Crippen molar-refractivity contribution in [2.24, 2.45) is 5.41 Å². The molecule has 104 valence electrons. The molecule has 0 N–H and O–H groups in total. The van der Waals surface area contributed by atoms with E-state index in [4.69, 9.17) is 28.4 Å². The van der Waals surface area contributed by atoms with Gasteiger partial charge in [-0.2, -0.15) is 0 Å². The molecule has 6 nitrogen and oxygen atoms in total. The van der Waals surface area contributed by atoms with Crippen LogP contribution in [0.3, 0.4) is 0 Å². The lowest BCUT2D eigenvalue weighted by Gasteiger charge is -2.28. The lowest BCUT2D eigenvalue weighted by molar-refractivity contribution is -0.0752. The lowest BCUT2D eigenvalue weighted by Crippen LogP contribution is -2.32. The molecule has 0 aliphatic carbocycles. The van der Waals surface area contributed by atoms with Crippen LogP contribution < -0.4 is 0 Å². The van der Waals surface area contributed by atoms with Crippen molar-refractivity contribution in [2.75, 3.05) is 39.6 Å². The summed E-state index contributed by atoms with van der Waals surface area (Å²) in [7, 11) is 0. The summed E-state index contributed by atoms with van der Waals surface area (Å²) in [4.78, 5) is 0. The largest absolute Gasteiger partial charge is 0.350 e. The van der Waals surface area contributed by atoms with Gasteiger partial charge in [-0.1, -0.05) is 6.92 Å². The van der Waals surface area contributed by atoms with Crippen LogP contribution in [0.5, 0.6) is 0 Å². The Labute approximate surface area is 106 Å². The van der Waals surface area contributed by atoms with E-state index >= 15 is 0 Å². The van der Waals surface area contributed by atoms with Crippen LogP contribution in [-0.2, 0) is 28.4 Å². The molecule has 3 atom stereocenters. The molecule has 3 aliphatic rings. The number of hydrogen-bond acceptors (Lipinski definition) is 6. The van der Waals surface area contributed by atoms with Gasteiger partial charge in [0.2, 0.25) is 0 Å². The first-order chi connectivity index (χ1) is 8.73. The van der Waals surface area contributed by atoms with E-state index in [0.29, 0.717) is 33.0 Å². The van der Waals surface area contributed by atoms with Crippen LogP contribution in [0.15, 0.2) is 0 Å². The quantitative estimate of drug-likeness (QED) is 0.533. The van der Waals surface area contributed by atoms with Gasteiger partial charge in [-0.05, 0) is 6.42 Å². The lowest BCUT2D eigenvalue weighted by atomic mass is 9.89. The van der Waals surface area contributed by atoms with Gasteiger partial charge >= 0.3 is 0 Å². The highest BCUT2D eigenvalue weighted by atomic mass is 16.8. The van der Waals surface area contributed by atoms with Gasteiger partial charge in [-0.3, -0.25) is 0 Å². The molecule has 18 heavy (non-hydrogen) atoms. The van der Waals surface area contributed by atoms with Crippen molar-refractivity contribution in [1.82, 2.24) is 0 Å². The molecule has 0 aromatic carbocycles. The normalized spacial score (nSPS) is 36.2. The van der Waals surface area contributed by atoms with Crippen LogP contribution in [-0.4, -0.2) is 58.5 Å². The molecule has 0 bridgehead atoms. The fourth-order valence-corrected chi connectivity index (χ4v) is 1.62. The Morgan fingerprint density at radius 1 is 0.889 bits per heavy atom. The van der Waals surface area contributed by atoms with Crippen LogP contribution >= 0.6 is 0 Å². The van der Waals surface area contributed by atoms with E-state index in [1.807, 2.05) is 0 Å². The molecule has 6 heteroatoms. The fourth-order valence-electron chi connectivity index (χ4n) is 1.62. The van der Waals surface area contributed by atoms with Crippen molar-refractivity contribution in [3.8, 4) is 0 Å². The van der Waals surface area contributed by atoms with Crippen molar-refractivity contribution in [2.45, 2.75) is 32.2 Å². The highest BCUT2D eigenvalue weighted by Gasteiger charge is 2.34. The summed E-state index contributed by atoms with van der Waals surface area (Å²) in [5, 5.41) is 0. The fraction of sp³-hybridized carbons (Fsp3) is 1.00.